The van der Waals surface area contributed by atoms with Crippen molar-refractivity contribution in [1.82, 2.24) is 5.43 Å². The SMILES string of the molecule is CCN(CC)c1ccc(C=NNC(=O)CSCc2ccccc2C)cc1. The lowest BCUT2D eigenvalue weighted by Gasteiger charge is -2.20. The fraction of sp³-hybridized carbons (Fsp3) is 0.333. The van der Waals surface area contributed by atoms with Gasteiger partial charge >= 0.3 is 0 Å². The van der Waals surface area contributed by atoms with Crippen LogP contribution in [0.3, 0.4) is 0 Å². The molecule has 2 aromatic rings. The van der Waals surface area contributed by atoms with Crippen molar-refractivity contribution in [2.75, 3.05) is 23.7 Å². The first kappa shape index (κ1) is 20.0. The van der Waals surface area contributed by atoms with Crippen LogP contribution < -0.4 is 10.3 Å². The van der Waals surface area contributed by atoms with Gasteiger partial charge in [-0.3, -0.25) is 4.79 Å². The summed E-state index contributed by atoms with van der Waals surface area (Å²) in [4.78, 5) is 14.2. The Morgan fingerprint density at radius 2 is 1.81 bits per heavy atom. The molecule has 5 heteroatoms. The lowest BCUT2D eigenvalue weighted by atomic mass is 10.1. The Bertz CT molecular complexity index is 724. The van der Waals surface area contributed by atoms with E-state index in [0.29, 0.717) is 5.75 Å². The fourth-order valence-electron chi connectivity index (χ4n) is 2.60. The molecule has 0 fully saturated rings. The van der Waals surface area contributed by atoms with E-state index in [1.807, 2.05) is 24.3 Å². The predicted molar refractivity (Wildman–Crippen MR) is 113 cm³/mol. The van der Waals surface area contributed by atoms with Gasteiger partial charge in [-0.1, -0.05) is 36.4 Å². The molecule has 0 heterocycles. The van der Waals surface area contributed by atoms with Crippen LogP contribution in [0.2, 0.25) is 0 Å². The van der Waals surface area contributed by atoms with Gasteiger partial charge < -0.3 is 4.90 Å². The van der Waals surface area contributed by atoms with Gasteiger partial charge in [0, 0.05) is 24.5 Å². The van der Waals surface area contributed by atoms with Gasteiger partial charge in [0.1, 0.15) is 0 Å². The zero-order chi connectivity index (χ0) is 18.8. The molecule has 4 nitrogen and oxygen atoms in total. The Morgan fingerprint density at radius 3 is 2.46 bits per heavy atom. The molecular formula is C21H27N3OS. The lowest BCUT2D eigenvalue weighted by molar-refractivity contribution is -0.118. The Labute approximate surface area is 160 Å². The number of hydrazone groups is 1. The number of nitrogens with zero attached hydrogens (tertiary/aromatic N) is 2. The Hall–Kier alpha value is -2.27. The summed E-state index contributed by atoms with van der Waals surface area (Å²) in [7, 11) is 0. The maximum Gasteiger partial charge on any atom is 0.250 e. The summed E-state index contributed by atoms with van der Waals surface area (Å²) in [6, 6.07) is 16.4. The second kappa shape index (κ2) is 10.7. The van der Waals surface area contributed by atoms with E-state index in [0.717, 1.165) is 24.4 Å². The normalized spacial score (nSPS) is 10.9. The largest absolute Gasteiger partial charge is 0.372 e. The number of thioether (sulfide) groups is 1. The Morgan fingerprint density at radius 1 is 1.12 bits per heavy atom. The molecular weight excluding hydrogens is 342 g/mol. The Kier molecular flexibility index (Phi) is 8.22. The molecule has 0 bridgehead atoms. The van der Waals surface area contributed by atoms with Gasteiger partial charge in [0.2, 0.25) is 5.91 Å². The molecule has 0 aliphatic heterocycles. The van der Waals surface area contributed by atoms with E-state index >= 15 is 0 Å². The quantitative estimate of drug-likeness (QED) is 0.531. The van der Waals surface area contributed by atoms with Crippen molar-refractivity contribution in [3.63, 3.8) is 0 Å². The first-order valence-corrected chi connectivity index (χ1v) is 10.1. The van der Waals surface area contributed by atoms with Gasteiger partial charge in [-0.25, -0.2) is 5.43 Å². The molecule has 2 rings (SSSR count). The van der Waals surface area contributed by atoms with E-state index in [-0.39, 0.29) is 5.91 Å². The van der Waals surface area contributed by atoms with Gasteiger partial charge in [0.15, 0.2) is 0 Å². The van der Waals surface area contributed by atoms with Gasteiger partial charge in [-0.15, -0.1) is 11.8 Å². The summed E-state index contributed by atoms with van der Waals surface area (Å²) >= 11 is 1.59. The van der Waals surface area contributed by atoms with Crippen LogP contribution in [-0.2, 0) is 10.5 Å². The fourth-order valence-corrected chi connectivity index (χ4v) is 3.49. The highest BCUT2D eigenvalue weighted by molar-refractivity contribution is 7.99. The van der Waals surface area contributed by atoms with E-state index in [4.69, 9.17) is 0 Å². The number of carbonyl (C=O) groups is 1. The number of hydrogen-bond donors (Lipinski definition) is 1. The third-order valence-corrected chi connectivity index (χ3v) is 5.16. The van der Waals surface area contributed by atoms with E-state index in [9.17, 15) is 4.79 Å². The molecule has 0 aliphatic carbocycles. The average molecular weight is 370 g/mol. The number of carbonyl (C=O) groups excluding carboxylic acids is 1. The minimum absolute atomic E-state index is 0.0837. The predicted octanol–water partition coefficient (Wildman–Crippen LogP) is 4.22. The number of amides is 1. The van der Waals surface area contributed by atoms with Gasteiger partial charge in [-0.05, 0) is 49.6 Å². The van der Waals surface area contributed by atoms with E-state index < -0.39 is 0 Å². The zero-order valence-corrected chi connectivity index (χ0v) is 16.6. The summed E-state index contributed by atoms with van der Waals surface area (Å²) in [5.74, 6) is 1.14. The number of anilines is 1. The van der Waals surface area contributed by atoms with Crippen molar-refractivity contribution < 1.29 is 4.79 Å². The van der Waals surface area contributed by atoms with E-state index in [1.54, 1.807) is 18.0 Å². The van der Waals surface area contributed by atoms with Crippen LogP contribution in [0.25, 0.3) is 0 Å². The molecule has 26 heavy (non-hydrogen) atoms. The van der Waals surface area contributed by atoms with E-state index in [1.165, 1.54) is 16.8 Å². The molecule has 0 radical (unpaired) electrons. The van der Waals surface area contributed by atoms with Gasteiger partial charge in [0.25, 0.3) is 0 Å². The summed E-state index contributed by atoms with van der Waals surface area (Å²) < 4.78 is 0. The summed E-state index contributed by atoms with van der Waals surface area (Å²) in [5, 5.41) is 4.05. The Balaban J connectivity index is 1.75. The highest BCUT2D eigenvalue weighted by Crippen LogP contribution is 2.16. The van der Waals surface area contributed by atoms with Crippen molar-refractivity contribution in [3.05, 3.63) is 65.2 Å². The topological polar surface area (TPSA) is 44.7 Å². The summed E-state index contributed by atoms with van der Waals surface area (Å²) in [6.07, 6.45) is 1.68. The van der Waals surface area contributed by atoms with Crippen LogP contribution in [0.4, 0.5) is 5.69 Å². The highest BCUT2D eigenvalue weighted by Gasteiger charge is 2.03. The van der Waals surface area contributed by atoms with Crippen LogP contribution in [-0.4, -0.2) is 31.0 Å². The molecule has 0 saturated carbocycles. The minimum atomic E-state index is -0.0837. The standard InChI is InChI=1S/C21H27N3OS/c1-4-24(5-2)20-12-10-18(11-13-20)14-22-23-21(25)16-26-15-19-9-7-6-8-17(19)3/h6-14H,4-5,15-16H2,1-3H3,(H,23,25). The molecule has 0 aromatic heterocycles. The van der Waals surface area contributed by atoms with Crippen molar-refractivity contribution in [1.29, 1.82) is 0 Å². The van der Waals surface area contributed by atoms with Crippen molar-refractivity contribution >= 4 is 29.6 Å². The van der Waals surface area contributed by atoms with Crippen molar-refractivity contribution in [2.45, 2.75) is 26.5 Å². The summed E-state index contributed by atoms with van der Waals surface area (Å²) in [5.41, 5.74) is 7.28. The average Bonchev–Trinajstić information content (AvgIpc) is 2.65. The second-order valence-corrected chi connectivity index (χ2v) is 6.96. The van der Waals surface area contributed by atoms with Crippen LogP contribution in [0, 0.1) is 6.92 Å². The molecule has 0 aliphatic rings. The van der Waals surface area contributed by atoms with Gasteiger partial charge in [-0.2, -0.15) is 5.10 Å². The first-order valence-electron chi connectivity index (χ1n) is 8.93. The molecule has 1 N–H and O–H groups in total. The van der Waals surface area contributed by atoms with Crippen molar-refractivity contribution in [2.24, 2.45) is 5.10 Å². The zero-order valence-electron chi connectivity index (χ0n) is 15.7. The third-order valence-electron chi connectivity index (χ3n) is 4.18. The number of aryl methyl sites for hydroxylation is 1. The number of nitrogens with one attached hydrogen (secondary N) is 1. The molecule has 0 unspecified atom stereocenters. The molecule has 1 amide bonds. The first-order chi connectivity index (χ1) is 12.6. The second-order valence-electron chi connectivity index (χ2n) is 5.98. The maximum atomic E-state index is 11.9. The number of hydrogen-bond acceptors (Lipinski definition) is 4. The van der Waals surface area contributed by atoms with Crippen LogP contribution in [0.1, 0.15) is 30.5 Å². The smallest absolute Gasteiger partial charge is 0.250 e. The molecule has 0 spiro atoms. The third kappa shape index (κ3) is 6.23. The van der Waals surface area contributed by atoms with Crippen LogP contribution in [0.15, 0.2) is 53.6 Å². The molecule has 0 saturated heterocycles. The lowest BCUT2D eigenvalue weighted by Crippen LogP contribution is -2.21. The monoisotopic (exact) mass is 369 g/mol. The highest BCUT2D eigenvalue weighted by atomic mass is 32.2. The van der Waals surface area contributed by atoms with Crippen LogP contribution >= 0.6 is 11.8 Å². The van der Waals surface area contributed by atoms with Crippen LogP contribution in [0.5, 0.6) is 0 Å². The van der Waals surface area contributed by atoms with Crippen molar-refractivity contribution in [3.8, 4) is 0 Å². The number of benzene rings is 2. The maximum absolute atomic E-state index is 11.9. The number of rotatable bonds is 9. The molecule has 0 atom stereocenters. The van der Waals surface area contributed by atoms with Gasteiger partial charge in [0.05, 0.1) is 12.0 Å². The molecule has 2 aromatic carbocycles. The molecule has 138 valence electrons. The van der Waals surface area contributed by atoms with E-state index in [2.05, 4.69) is 60.5 Å². The summed E-state index contributed by atoms with van der Waals surface area (Å²) in [6.45, 7) is 8.35. The minimum Gasteiger partial charge on any atom is -0.372 e.